The van der Waals surface area contributed by atoms with Gasteiger partial charge in [-0.25, -0.2) is 0 Å². The third-order valence-electron chi connectivity index (χ3n) is 2.63. The van der Waals surface area contributed by atoms with Crippen LogP contribution in [0.15, 0.2) is 22.7 Å². The number of aromatic nitrogens is 3. The normalized spacial score (nSPS) is 10.8. The second-order valence-corrected chi connectivity index (χ2v) is 4.92. The molecule has 17 heavy (non-hydrogen) atoms. The standard InChI is InChI=1S/C12H13BrClN3/c1-3-17-11(7-14)15-16-12(17)9-5-4-8(2)6-10(9)13/h4-6H,3,7H2,1-2H3. The molecule has 0 aliphatic rings. The van der Waals surface area contributed by atoms with Crippen LogP contribution in [-0.4, -0.2) is 14.8 Å². The zero-order chi connectivity index (χ0) is 12.4. The summed E-state index contributed by atoms with van der Waals surface area (Å²) in [4.78, 5) is 0. The Morgan fingerprint density at radius 1 is 1.35 bits per heavy atom. The Morgan fingerprint density at radius 2 is 2.12 bits per heavy atom. The molecule has 1 aromatic heterocycles. The molecule has 1 heterocycles. The lowest BCUT2D eigenvalue weighted by Crippen LogP contribution is -2.02. The number of hydrogen-bond donors (Lipinski definition) is 0. The highest BCUT2D eigenvalue weighted by atomic mass is 79.9. The predicted molar refractivity (Wildman–Crippen MR) is 73.1 cm³/mol. The lowest BCUT2D eigenvalue weighted by Gasteiger charge is -2.08. The van der Waals surface area contributed by atoms with Crippen molar-refractivity contribution < 1.29 is 0 Å². The van der Waals surface area contributed by atoms with Crippen LogP contribution in [0.1, 0.15) is 18.3 Å². The number of alkyl halides is 1. The molecule has 0 radical (unpaired) electrons. The number of hydrogen-bond acceptors (Lipinski definition) is 2. The molecule has 0 atom stereocenters. The summed E-state index contributed by atoms with van der Waals surface area (Å²) >= 11 is 9.41. The van der Waals surface area contributed by atoms with Gasteiger partial charge in [-0.3, -0.25) is 0 Å². The molecule has 0 saturated heterocycles. The lowest BCUT2D eigenvalue weighted by atomic mass is 10.1. The van der Waals surface area contributed by atoms with E-state index in [1.54, 1.807) is 0 Å². The van der Waals surface area contributed by atoms with E-state index in [0.29, 0.717) is 5.88 Å². The summed E-state index contributed by atoms with van der Waals surface area (Å²) in [5.74, 6) is 2.04. The first-order valence-corrected chi connectivity index (χ1v) is 6.74. The molecule has 0 aliphatic heterocycles. The summed E-state index contributed by atoms with van der Waals surface area (Å²) in [6.45, 7) is 4.93. The minimum Gasteiger partial charge on any atom is -0.310 e. The van der Waals surface area contributed by atoms with Crippen LogP contribution in [0.25, 0.3) is 11.4 Å². The van der Waals surface area contributed by atoms with Crippen LogP contribution in [-0.2, 0) is 12.4 Å². The molecule has 0 aliphatic carbocycles. The van der Waals surface area contributed by atoms with E-state index >= 15 is 0 Å². The van der Waals surface area contributed by atoms with Crippen molar-refractivity contribution in [2.24, 2.45) is 0 Å². The van der Waals surface area contributed by atoms with Crippen molar-refractivity contribution in [3.8, 4) is 11.4 Å². The van der Waals surface area contributed by atoms with E-state index in [0.717, 1.165) is 28.2 Å². The van der Waals surface area contributed by atoms with Crippen molar-refractivity contribution >= 4 is 27.5 Å². The highest BCUT2D eigenvalue weighted by Crippen LogP contribution is 2.28. The van der Waals surface area contributed by atoms with Gasteiger partial charge < -0.3 is 4.57 Å². The number of nitrogens with zero attached hydrogens (tertiary/aromatic N) is 3. The fourth-order valence-corrected chi connectivity index (χ4v) is 2.64. The van der Waals surface area contributed by atoms with E-state index in [4.69, 9.17) is 11.6 Å². The second kappa shape index (κ2) is 5.19. The van der Waals surface area contributed by atoms with Crippen molar-refractivity contribution in [3.05, 3.63) is 34.1 Å². The summed E-state index contributed by atoms with van der Waals surface area (Å²) in [7, 11) is 0. The molecule has 0 amide bonds. The van der Waals surface area contributed by atoms with Gasteiger partial charge in [-0.15, -0.1) is 21.8 Å². The van der Waals surface area contributed by atoms with Gasteiger partial charge >= 0.3 is 0 Å². The quantitative estimate of drug-likeness (QED) is 0.807. The SMILES string of the molecule is CCn1c(CCl)nnc1-c1ccc(C)cc1Br. The maximum atomic E-state index is 5.84. The highest BCUT2D eigenvalue weighted by Gasteiger charge is 2.14. The van der Waals surface area contributed by atoms with Gasteiger partial charge in [0.25, 0.3) is 0 Å². The van der Waals surface area contributed by atoms with Gasteiger partial charge in [0.1, 0.15) is 5.82 Å². The van der Waals surface area contributed by atoms with E-state index < -0.39 is 0 Å². The lowest BCUT2D eigenvalue weighted by molar-refractivity contribution is 0.731. The molecule has 3 nitrogen and oxygen atoms in total. The average Bonchev–Trinajstić information content (AvgIpc) is 2.71. The Morgan fingerprint density at radius 3 is 2.71 bits per heavy atom. The second-order valence-electron chi connectivity index (χ2n) is 3.80. The predicted octanol–water partition coefficient (Wildman–Crippen LogP) is 3.77. The largest absolute Gasteiger partial charge is 0.310 e. The number of aryl methyl sites for hydroxylation is 1. The van der Waals surface area contributed by atoms with Crippen LogP contribution in [0.3, 0.4) is 0 Å². The minimum atomic E-state index is 0.379. The summed E-state index contributed by atoms with van der Waals surface area (Å²) in [6, 6.07) is 6.19. The zero-order valence-corrected chi connectivity index (χ0v) is 12.1. The Labute approximate surface area is 114 Å². The van der Waals surface area contributed by atoms with Gasteiger partial charge in [0.2, 0.25) is 0 Å². The van der Waals surface area contributed by atoms with Crippen LogP contribution in [0.4, 0.5) is 0 Å². The van der Waals surface area contributed by atoms with Crippen LogP contribution in [0, 0.1) is 6.92 Å². The number of halogens is 2. The van der Waals surface area contributed by atoms with Crippen LogP contribution in [0.5, 0.6) is 0 Å². The average molecular weight is 315 g/mol. The molecule has 2 aromatic rings. The molecule has 1 aromatic carbocycles. The molecule has 2 rings (SSSR count). The number of rotatable bonds is 3. The minimum absolute atomic E-state index is 0.379. The highest BCUT2D eigenvalue weighted by molar-refractivity contribution is 9.10. The van der Waals surface area contributed by atoms with Crippen molar-refractivity contribution in [2.75, 3.05) is 0 Å². The van der Waals surface area contributed by atoms with Gasteiger partial charge in [0.15, 0.2) is 5.82 Å². The van der Waals surface area contributed by atoms with Crippen molar-refractivity contribution in [1.82, 2.24) is 14.8 Å². The summed E-state index contributed by atoms with van der Waals surface area (Å²) < 4.78 is 3.06. The van der Waals surface area contributed by atoms with Crippen molar-refractivity contribution in [3.63, 3.8) is 0 Å². The number of benzene rings is 1. The summed E-state index contributed by atoms with van der Waals surface area (Å²) in [5, 5.41) is 8.32. The molecule has 90 valence electrons. The summed E-state index contributed by atoms with van der Waals surface area (Å²) in [5.41, 5.74) is 2.25. The van der Waals surface area contributed by atoms with E-state index in [-0.39, 0.29) is 0 Å². The monoisotopic (exact) mass is 313 g/mol. The van der Waals surface area contributed by atoms with E-state index in [9.17, 15) is 0 Å². The van der Waals surface area contributed by atoms with Gasteiger partial charge in [-0.1, -0.05) is 22.0 Å². The van der Waals surface area contributed by atoms with E-state index in [1.165, 1.54) is 5.56 Å². The first-order chi connectivity index (χ1) is 8.17. The third-order valence-corrected chi connectivity index (χ3v) is 3.52. The zero-order valence-electron chi connectivity index (χ0n) is 9.74. The van der Waals surface area contributed by atoms with E-state index in [1.807, 2.05) is 10.6 Å². The molecule has 0 unspecified atom stereocenters. The molecule has 0 spiro atoms. The van der Waals surface area contributed by atoms with Gasteiger partial charge in [0.05, 0.1) is 5.88 Å². The Kier molecular flexibility index (Phi) is 3.84. The van der Waals surface area contributed by atoms with E-state index in [2.05, 4.69) is 52.1 Å². The third kappa shape index (κ3) is 2.38. The molecule has 0 bridgehead atoms. The molecule has 0 saturated carbocycles. The molecular weight excluding hydrogens is 302 g/mol. The van der Waals surface area contributed by atoms with Crippen molar-refractivity contribution in [2.45, 2.75) is 26.3 Å². The topological polar surface area (TPSA) is 30.7 Å². The Hall–Kier alpha value is -0.870. The van der Waals surface area contributed by atoms with Gasteiger partial charge in [0, 0.05) is 16.6 Å². The van der Waals surface area contributed by atoms with Crippen LogP contribution >= 0.6 is 27.5 Å². The fraction of sp³-hybridized carbons (Fsp3) is 0.333. The molecular formula is C12H13BrClN3. The van der Waals surface area contributed by atoms with Crippen LogP contribution < -0.4 is 0 Å². The maximum Gasteiger partial charge on any atom is 0.165 e. The van der Waals surface area contributed by atoms with Gasteiger partial charge in [-0.2, -0.15) is 0 Å². The maximum absolute atomic E-state index is 5.84. The van der Waals surface area contributed by atoms with Gasteiger partial charge in [-0.05, 0) is 31.5 Å². The Balaban J connectivity index is 2.56. The molecule has 0 N–H and O–H groups in total. The smallest absolute Gasteiger partial charge is 0.165 e. The van der Waals surface area contributed by atoms with Crippen molar-refractivity contribution in [1.29, 1.82) is 0 Å². The van der Waals surface area contributed by atoms with Crippen LogP contribution in [0.2, 0.25) is 0 Å². The summed E-state index contributed by atoms with van der Waals surface area (Å²) in [6.07, 6.45) is 0. The first kappa shape index (κ1) is 12.6. The fourth-order valence-electron chi connectivity index (χ4n) is 1.77. The molecule has 5 heteroatoms. The first-order valence-electron chi connectivity index (χ1n) is 5.42. The molecule has 0 fully saturated rings. The Bertz CT molecular complexity index is 537.